The summed E-state index contributed by atoms with van der Waals surface area (Å²) in [6, 6.07) is 13.7. The van der Waals surface area contributed by atoms with Crippen molar-refractivity contribution in [3.8, 4) is 11.3 Å². The molecule has 0 aliphatic carbocycles. The first-order valence-electron chi connectivity index (χ1n) is 10.0. The number of fused-ring (bicyclic) bond motifs is 1. The molecule has 4 rings (SSSR count). The Kier molecular flexibility index (Phi) is 5.88. The van der Waals surface area contributed by atoms with Crippen molar-refractivity contribution in [1.29, 1.82) is 0 Å². The summed E-state index contributed by atoms with van der Waals surface area (Å²) in [7, 11) is 0. The van der Waals surface area contributed by atoms with E-state index in [-0.39, 0.29) is 42.4 Å². The highest BCUT2D eigenvalue weighted by Crippen LogP contribution is 2.24. The summed E-state index contributed by atoms with van der Waals surface area (Å²) in [5.74, 6) is -0.559. The van der Waals surface area contributed by atoms with E-state index in [0.717, 1.165) is 17.5 Å². The van der Waals surface area contributed by atoms with Crippen LogP contribution < -0.4 is 10.9 Å². The third kappa shape index (κ3) is 4.53. The molecule has 0 unspecified atom stereocenters. The maximum absolute atomic E-state index is 12.9. The molecule has 1 amide bonds. The second-order valence-corrected chi connectivity index (χ2v) is 7.16. The Hall–Kier alpha value is -3.81. The Labute approximate surface area is 177 Å². The molecule has 7 nitrogen and oxygen atoms in total. The molecule has 158 valence electrons. The Morgan fingerprint density at radius 3 is 2.52 bits per heavy atom. The van der Waals surface area contributed by atoms with E-state index in [4.69, 9.17) is 4.52 Å². The first kappa shape index (κ1) is 20.5. The van der Waals surface area contributed by atoms with Crippen molar-refractivity contribution < 1.29 is 13.7 Å². The SMILES string of the molecule is CCc1ccc(-c2noc3c(=O)n(CCC(=O)NCc4ccc(F)cc4)cnc23)cc1. The Bertz CT molecular complexity index is 1260. The molecule has 2 aromatic carbocycles. The number of halogens is 1. The predicted molar refractivity (Wildman–Crippen MR) is 114 cm³/mol. The van der Waals surface area contributed by atoms with Crippen molar-refractivity contribution in [2.45, 2.75) is 32.9 Å². The molecule has 2 heterocycles. The number of nitrogens with one attached hydrogen (secondary N) is 1. The summed E-state index contributed by atoms with van der Waals surface area (Å²) in [5.41, 5.74) is 3.38. The molecule has 8 heteroatoms. The van der Waals surface area contributed by atoms with Gasteiger partial charge in [0.2, 0.25) is 5.91 Å². The van der Waals surface area contributed by atoms with Gasteiger partial charge in [0, 0.05) is 25.1 Å². The van der Waals surface area contributed by atoms with Crippen LogP contribution >= 0.6 is 0 Å². The Morgan fingerprint density at radius 1 is 1.10 bits per heavy atom. The number of aromatic nitrogens is 3. The van der Waals surface area contributed by atoms with E-state index >= 15 is 0 Å². The zero-order valence-corrected chi connectivity index (χ0v) is 17.0. The van der Waals surface area contributed by atoms with Crippen LogP contribution in [0.3, 0.4) is 0 Å². The van der Waals surface area contributed by atoms with E-state index in [2.05, 4.69) is 22.4 Å². The summed E-state index contributed by atoms with van der Waals surface area (Å²) < 4.78 is 19.5. The van der Waals surface area contributed by atoms with Crippen LogP contribution in [-0.4, -0.2) is 20.6 Å². The van der Waals surface area contributed by atoms with Gasteiger partial charge in [-0.2, -0.15) is 0 Å². The third-order valence-corrected chi connectivity index (χ3v) is 5.07. The molecule has 0 aliphatic heterocycles. The number of carbonyl (C=O) groups is 1. The third-order valence-electron chi connectivity index (χ3n) is 5.07. The first-order valence-corrected chi connectivity index (χ1v) is 10.0. The second-order valence-electron chi connectivity index (χ2n) is 7.16. The van der Waals surface area contributed by atoms with E-state index in [1.54, 1.807) is 12.1 Å². The van der Waals surface area contributed by atoms with Gasteiger partial charge in [0.05, 0.1) is 6.33 Å². The van der Waals surface area contributed by atoms with Crippen LogP contribution in [0.5, 0.6) is 0 Å². The van der Waals surface area contributed by atoms with Gasteiger partial charge >= 0.3 is 0 Å². The molecular weight excluding hydrogens is 399 g/mol. The number of benzene rings is 2. The molecule has 31 heavy (non-hydrogen) atoms. The summed E-state index contributed by atoms with van der Waals surface area (Å²) in [6.07, 6.45) is 2.42. The molecule has 0 atom stereocenters. The second kappa shape index (κ2) is 8.91. The van der Waals surface area contributed by atoms with E-state index in [9.17, 15) is 14.0 Å². The zero-order chi connectivity index (χ0) is 21.8. The van der Waals surface area contributed by atoms with Crippen molar-refractivity contribution in [2.75, 3.05) is 0 Å². The van der Waals surface area contributed by atoms with Gasteiger partial charge in [-0.05, 0) is 29.7 Å². The van der Waals surface area contributed by atoms with Crippen LogP contribution in [0.15, 0.2) is 64.2 Å². The molecule has 4 aromatic rings. The van der Waals surface area contributed by atoms with Gasteiger partial charge < -0.3 is 9.84 Å². The van der Waals surface area contributed by atoms with Crippen LogP contribution in [-0.2, 0) is 24.3 Å². The smallest absolute Gasteiger partial charge is 0.299 e. The minimum absolute atomic E-state index is 0.0591. The minimum atomic E-state index is -0.389. The number of aryl methyl sites for hydroxylation is 2. The summed E-state index contributed by atoms with van der Waals surface area (Å²) in [6.45, 7) is 2.51. The van der Waals surface area contributed by atoms with Gasteiger partial charge in [0.15, 0.2) is 0 Å². The van der Waals surface area contributed by atoms with Crippen LogP contribution in [0, 0.1) is 5.82 Å². The number of rotatable bonds is 7. The highest BCUT2D eigenvalue weighted by atomic mass is 19.1. The summed E-state index contributed by atoms with van der Waals surface area (Å²) in [4.78, 5) is 29.2. The fourth-order valence-corrected chi connectivity index (χ4v) is 3.22. The van der Waals surface area contributed by atoms with Crippen molar-refractivity contribution in [1.82, 2.24) is 20.0 Å². The maximum Gasteiger partial charge on any atom is 0.299 e. The van der Waals surface area contributed by atoms with Gasteiger partial charge in [-0.15, -0.1) is 0 Å². The normalized spacial score (nSPS) is 11.0. The maximum atomic E-state index is 12.9. The van der Waals surface area contributed by atoms with Crippen LogP contribution in [0.4, 0.5) is 4.39 Å². The highest BCUT2D eigenvalue weighted by molar-refractivity contribution is 5.87. The van der Waals surface area contributed by atoms with E-state index in [1.165, 1.54) is 28.6 Å². The average molecular weight is 420 g/mol. The van der Waals surface area contributed by atoms with Gasteiger partial charge in [-0.25, -0.2) is 9.37 Å². The lowest BCUT2D eigenvalue weighted by molar-refractivity contribution is -0.121. The molecular formula is C23H21FN4O3. The first-order chi connectivity index (χ1) is 15.0. The minimum Gasteiger partial charge on any atom is -0.352 e. The fraction of sp³-hybridized carbons (Fsp3) is 0.217. The van der Waals surface area contributed by atoms with E-state index < -0.39 is 0 Å². The summed E-state index contributed by atoms with van der Waals surface area (Å²) >= 11 is 0. The largest absolute Gasteiger partial charge is 0.352 e. The Balaban J connectivity index is 1.44. The number of hydrogen-bond donors (Lipinski definition) is 1. The molecule has 0 saturated carbocycles. The van der Waals surface area contributed by atoms with Crippen LogP contribution in [0.25, 0.3) is 22.4 Å². The zero-order valence-electron chi connectivity index (χ0n) is 17.0. The van der Waals surface area contributed by atoms with E-state index in [0.29, 0.717) is 11.2 Å². The van der Waals surface area contributed by atoms with Gasteiger partial charge in [0.1, 0.15) is 17.0 Å². The van der Waals surface area contributed by atoms with Gasteiger partial charge in [-0.1, -0.05) is 48.5 Å². The number of carbonyl (C=O) groups excluding carboxylic acids is 1. The lowest BCUT2D eigenvalue weighted by atomic mass is 10.1. The molecule has 0 saturated heterocycles. The molecule has 2 aromatic heterocycles. The monoisotopic (exact) mass is 420 g/mol. The van der Waals surface area contributed by atoms with E-state index in [1.807, 2.05) is 24.3 Å². The molecule has 0 radical (unpaired) electrons. The molecule has 0 fully saturated rings. The van der Waals surface area contributed by atoms with Crippen LogP contribution in [0.2, 0.25) is 0 Å². The van der Waals surface area contributed by atoms with Crippen molar-refractivity contribution >= 4 is 17.0 Å². The fourth-order valence-electron chi connectivity index (χ4n) is 3.22. The van der Waals surface area contributed by atoms with Crippen molar-refractivity contribution in [2.24, 2.45) is 0 Å². The lowest BCUT2D eigenvalue weighted by Crippen LogP contribution is -2.27. The Morgan fingerprint density at radius 2 is 1.81 bits per heavy atom. The molecule has 0 bridgehead atoms. The molecule has 1 N–H and O–H groups in total. The molecule has 0 aliphatic rings. The topological polar surface area (TPSA) is 90.0 Å². The van der Waals surface area contributed by atoms with Crippen LogP contribution in [0.1, 0.15) is 24.5 Å². The van der Waals surface area contributed by atoms with Gasteiger partial charge in [0.25, 0.3) is 11.1 Å². The number of nitrogens with zero attached hydrogens (tertiary/aromatic N) is 3. The standard InChI is InChI=1S/C23H21FN4O3/c1-2-15-3-7-17(8-4-15)20-21-22(31-27-20)23(30)28(14-26-21)12-11-19(29)25-13-16-5-9-18(24)10-6-16/h3-10,14H,2,11-13H2,1H3,(H,25,29). The molecule has 0 spiro atoms. The quantitative estimate of drug-likeness (QED) is 0.495. The van der Waals surface area contributed by atoms with Gasteiger partial charge in [-0.3, -0.25) is 14.2 Å². The average Bonchev–Trinajstić information content (AvgIpc) is 3.23. The van der Waals surface area contributed by atoms with Crippen molar-refractivity contribution in [3.63, 3.8) is 0 Å². The summed E-state index contributed by atoms with van der Waals surface area (Å²) in [5, 5.41) is 6.78. The predicted octanol–water partition coefficient (Wildman–Crippen LogP) is 3.46. The number of hydrogen-bond acceptors (Lipinski definition) is 5. The highest BCUT2D eigenvalue weighted by Gasteiger charge is 2.16. The van der Waals surface area contributed by atoms with Crippen molar-refractivity contribution in [3.05, 3.63) is 82.2 Å². The number of amides is 1. The lowest BCUT2D eigenvalue weighted by Gasteiger charge is -2.07.